The highest BCUT2D eigenvalue weighted by Crippen LogP contribution is 2.35. The SMILES string of the molecule is CCOC(=O)C1=C(C)NC(=O)N[C@H]1c1ccc(OCC(=O)N/N=C\c2cc(OC)c(OCc3ccccc3C#N)cc2Br)c(OC)c1. The average Bonchev–Trinajstić information content (AvgIpc) is 3.06. The molecule has 4 rings (SSSR count). The number of nitrogens with one attached hydrogen (secondary N) is 3. The number of rotatable bonds is 13. The summed E-state index contributed by atoms with van der Waals surface area (Å²) in [5.41, 5.74) is 5.45. The lowest BCUT2D eigenvalue weighted by Gasteiger charge is -2.28. The molecule has 0 aliphatic carbocycles. The minimum absolute atomic E-state index is 0.170. The van der Waals surface area contributed by atoms with Gasteiger partial charge in [-0.25, -0.2) is 15.0 Å². The molecule has 47 heavy (non-hydrogen) atoms. The van der Waals surface area contributed by atoms with Gasteiger partial charge in [-0.05, 0) is 65.7 Å². The van der Waals surface area contributed by atoms with Gasteiger partial charge in [0.05, 0.1) is 50.3 Å². The molecular formula is C33H32BrN5O8. The second-order valence-electron chi connectivity index (χ2n) is 9.86. The summed E-state index contributed by atoms with van der Waals surface area (Å²) >= 11 is 3.48. The van der Waals surface area contributed by atoms with E-state index in [9.17, 15) is 19.6 Å². The Morgan fingerprint density at radius 1 is 1.04 bits per heavy atom. The van der Waals surface area contributed by atoms with Crippen LogP contribution in [0.2, 0.25) is 0 Å². The molecule has 0 aromatic heterocycles. The summed E-state index contributed by atoms with van der Waals surface area (Å²) in [4.78, 5) is 37.3. The fourth-order valence-corrected chi connectivity index (χ4v) is 5.01. The van der Waals surface area contributed by atoms with Gasteiger partial charge < -0.3 is 34.3 Å². The normalized spacial score (nSPS) is 14.0. The Morgan fingerprint density at radius 3 is 2.51 bits per heavy atom. The van der Waals surface area contributed by atoms with E-state index in [1.54, 1.807) is 56.3 Å². The van der Waals surface area contributed by atoms with Crippen LogP contribution in [0.1, 0.15) is 42.1 Å². The number of ether oxygens (including phenoxy) is 5. The Morgan fingerprint density at radius 2 is 1.79 bits per heavy atom. The van der Waals surface area contributed by atoms with Crippen LogP contribution in [0.5, 0.6) is 23.0 Å². The van der Waals surface area contributed by atoms with Crippen LogP contribution in [0, 0.1) is 11.3 Å². The number of nitrogens with zero attached hydrogens (tertiary/aromatic N) is 2. The van der Waals surface area contributed by atoms with Crippen molar-refractivity contribution in [2.45, 2.75) is 26.5 Å². The molecule has 14 heteroatoms. The first-order valence-corrected chi connectivity index (χ1v) is 15.0. The highest BCUT2D eigenvalue weighted by molar-refractivity contribution is 9.10. The summed E-state index contributed by atoms with van der Waals surface area (Å²) in [5.74, 6) is 0.314. The lowest BCUT2D eigenvalue weighted by molar-refractivity contribution is -0.139. The summed E-state index contributed by atoms with van der Waals surface area (Å²) < 4.78 is 28.3. The Kier molecular flexibility index (Phi) is 11.8. The van der Waals surface area contributed by atoms with E-state index >= 15 is 0 Å². The Hall–Kier alpha value is -5.55. The summed E-state index contributed by atoms with van der Waals surface area (Å²) in [5, 5.41) is 18.6. The minimum Gasteiger partial charge on any atom is -0.493 e. The number of carbonyl (C=O) groups excluding carboxylic acids is 3. The van der Waals surface area contributed by atoms with Crippen molar-refractivity contribution >= 4 is 40.1 Å². The molecule has 1 heterocycles. The van der Waals surface area contributed by atoms with E-state index in [1.165, 1.54) is 20.4 Å². The van der Waals surface area contributed by atoms with E-state index in [2.05, 4.69) is 43.2 Å². The van der Waals surface area contributed by atoms with Gasteiger partial charge in [-0.3, -0.25) is 4.79 Å². The molecule has 1 atom stereocenters. The van der Waals surface area contributed by atoms with Gasteiger partial charge in [-0.15, -0.1) is 0 Å². The van der Waals surface area contributed by atoms with Crippen LogP contribution in [0.15, 0.2) is 75.4 Å². The van der Waals surface area contributed by atoms with Crippen molar-refractivity contribution in [3.63, 3.8) is 0 Å². The van der Waals surface area contributed by atoms with Gasteiger partial charge >= 0.3 is 12.0 Å². The quantitative estimate of drug-likeness (QED) is 0.130. The van der Waals surface area contributed by atoms with E-state index in [4.69, 9.17) is 23.7 Å². The van der Waals surface area contributed by atoms with Crippen LogP contribution >= 0.6 is 15.9 Å². The summed E-state index contributed by atoms with van der Waals surface area (Å²) in [7, 11) is 2.93. The number of nitriles is 1. The molecule has 3 amide bonds. The minimum atomic E-state index is -0.790. The highest BCUT2D eigenvalue weighted by Gasteiger charge is 2.32. The van der Waals surface area contributed by atoms with Crippen LogP contribution in [0.4, 0.5) is 4.79 Å². The van der Waals surface area contributed by atoms with E-state index in [1.807, 2.05) is 12.1 Å². The Labute approximate surface area is 279 Å². The first-order chi connectivity index (χ1) is 22.7. The fraction of sp³-hybridized carbons (Fsp3) is 0.242. The van der Waals surface area contributed by atoms with Crippen LogP contribution < -0.4 is 35.0 Å². The molecule has 0 fully saturated rings. The number of hydrogen-bond donors (Lipinski definition) is 3. The molecule has 3 aromatic carbocycles. The van der Waals surface area contributed by atoms with Gasteiger partial charge in [0.2, 0.25) is 0 Å². The van der Waals surface area contributed by atoms with Gasteiger partial charge in [-0.2, -0.15) is 10.4 Å². The Bertz CT molecular complexity index is 1770. The second kappa shape index (κ2) is 16.1. The summed E-state index contributed by atoms with van der Waals surface area (Å²) in [6, 6.07) is 16.3. The highest BCUT2D eigenvalue weighted by atomic mass is 79.9. The zero-order valence-electron chi connectivity index (χ0n) is 26.0. The van der Waals surface area contributed by atoms with E-state index in [0.717, 1.165) is 5.56 Å². The maximum absolute atomic E-state index is 12.6. The number of hydrazone groups is 1. The molecule has 3 aromatic rings. The third-order valence-corrected chi connectivity index (χ3v) is 7.53. The molecule has 1 aliphatic rings. The summed E-state index contributed by atoms with van der Waals surface area (Å²) in [6.07, 6.45) is 1.43. The molecule has 0 saturated heterocycles. The van der Waals surface area contributed by atoms with Crippen molar-refractivity contribution in [3.8, 4) is 29.1 Å². The predicted octanol–water partition coefficient (Wildman–Crippen LogP) is 4.64. The zero-order chi connectivity index (χ0) is 33.9. The fourth-order valence-electron chi connectivity index (χ4n) is 4.59. The lowest BCUT2D eigenvalue weighted by Crippen LogP contribution is -2.45. The van der Waals surface area contributed by atoms with Crippen molar-refractivity contribution in [2.24, 2.45) is 5.10 Å². The summed E-state index contributed by atoms with van der Waals surface area (Å²) in [6.45, 7) is 3.27. The van der Waals surface area contributed by atoms with E-state index < -0.39 is 23.9 Å². The van der Waals surface area contributed by atoms with E-state index in [-0.39, 0.29) is 36.9 Å². The molecule has 1 aliphatic heterocycles. The van der Waals surface area contributed by atoms with Gasteiger partial charge in [0.15, 0.2) is 29.6 Å². The van der Waals surface area contributed by atoms with Crippen LogP contribution in [-0.2, 0) is 20.9 Å². The molecule has 3 N–H and O–H groups in total. The third-order valence-electron chi connectivity index (χ3n) is 6.84. The molecule has 0 saturated carbocycles. The number of hydrogen-bond acceptors (Lipinski definition) is 10. The monoisotopic (exact) mass is 705 g/mol. The Balaban J connectivity index is 1.38. The van der Waals surface area contributed by atoms with Crippen molar-refractivity contribution in [3.05, 3.63) is 92.6 Å². The second-order valence-corrected chi connectivity index (χ2v) is 10.7. The van der Waals surface area contributed by atoms with Crippen molar-refractivity contribution in [1.82, 2.24) is 16.1 Å². The maximum atomic E-state index is 12.6. The van der Waals surface area contributed by atoms with E-state index in [0.29, 0.717) is 38.4 Å². The number of carbonyl (C=O) groups is 3. The largest absolute Gasteiger partial charge is 0.493 e. The smallest absolute Gasteiger partial charge is 0.338 e. The van der Waals surface area contributed by atoms with Crippen molar-refractivity contribution in [1.29, 1.82) is 5.26 Å². The molecule has 0 spiro atoms. The molecule has 244 valence electrons. The van der Waals surface area contributed by atoms with Gasteiger partial charge in [0.25, 0.3) is 5.91 Å². The predicted molar refractivity (Wildman–Crippen MR) is 174 cm³/mol. The first kappa shape index (κ1) is 34.3. The van der Waals surface area contributed by atoms with Crippen LogP contribution in [0.25, 0.3) is 0 Å². The number of allylic oxidation sites excluding steroid dienone is 1. The van der Waals surface area contributed by atoms with Crippen molar-refractivity contribution < 1.29 is 38.1 Å². The lowest BCUT2D eigenvalue weighted by atomic mass is 9.95. The molecular weight excluding hydrogens is 674 g/mol. The first-order valence-electron chi connectivity index (χ1n) is 14.2. The molecule has 0 radical (unpaired) electrons. The number of amides is 3. The third kappa shape index (κ3) is 8.59. The molecule has 0 bridgehead atoms. The molecule has 13 nitrogen and oxygen atoms in total. The van der Waals surface area contributed by atoms with Crippen LogP contribution in [-0.4, -0.2) is 51.6 Å². The number of halogens is 1. The molecule has 0 unspecified atom stereocenters. The number of esters is 1. The maximum Gasteiger partial charge on any atom is 0.338 e. The average molecular weight is 707 g/mol. The van der Waals surface area contributed by atoms with Crippen LogP contribution in [0.3, 0.4) is 0 Å². The number of urea groups is 1. The zero-order valence-corrected chi connectivity index (χ0v) is 27.6. The number of methoxy groups -OCH3 is 2. The standard InChI is InChI=1S/C33H32BrN5O8/c1-5-45-32(41)30-19(2)37-33(42)38-31(30)20-10-11-25(26(12-20)43-3)47-18-29(40)39-36-16-23-13-27(44-4)28(14-24(23)34)46-17-22-9-7-6-8-21(22)15-35/h6-14,16,31H,5,17-18H2,1-4H3,(H,39,40)(H2,37,38,42)/b36-16-/t31-/m0/s1. The van der Waals surface area contributed by atoms with Gasteiger partial charge in [0, 0.05) is 21.3 Å². The van der Waals surface area contributed by atoms with Gasteiger partial charge in [0.1, 0.15) is 6.61 Å². The number of benzene rings is 3. The topological polar surface area (TPSA) is 170 Å². The van der Waals surface area contributed by atoms with Crippen molar-refractivity contribution in [2.75, 3.05) is 27.4 Å². The van der Waals surface area contributed by atoms with Gasteiger partial charge in [-0.1, -0.05) is 24.3 Å².